The van der Waals surface area contributed by atoms with Crippen LogP contribution in [0.25, 0.3) is 11.5 Å². The Morgan fingerprint density at radius 3 is 2.67 bits per heavy atom. The van der Waals surface area contributed by atoms with Crippen LogP contribution in [0.15, 0.2) is 40.9 Å². The van der Waals surface area contributed by atoms with E-state index in [1.165, 1.54) is 12.1 Å². The van der Waals surface area contributed by atoms with Crippen molar-refractivity contribution < 1.29 is 26.9 Å². The number of hydrogen-bond acceptors (Lipinski definition) is 4. The molecule has 1 saturated heterocycles. The molecule has 2 heterocycles. The zero-order chi connectivity index (χ0) is 21.3. The fraction of sp³-hybridized carbons (Fsp3) is 0.286. The Bertz CT molecular complexity index is 1090. The van der Waals surface area contributed by atoms with Gasteiger partial charge in [0.15, 0.2) is 17.5 Å². The number of aromatic nitrogens is 2. The van der Waals surface area contributed by atoms with Gasteiger partial charge in [0.25, 0.3) is 5.89 Å². The number of hydrogen-bond donors (Lipinski definition) is 0. The second-order valence-electron chi connectivity index (χ2n) is 7.19. The largest absolute Gasteiger partial charge is 0.342 e. The molecule has 1 fully saturated rings. The normalized spacial score (nSPS) is 16.7. The maximum atomic E-state index is 13.9. The van der Waals surface area contributed by atoms with Gasteiger partial charge in [0.2, 0.25) is 5.91 Å². The highest BCUT2D eigenvalue weighted by atomic mass is 19.2. The van der Waals surface area contributed by atoms with E-state index in [0.29, 0.717) is 37.3 Å². The third kappa shape index (κ3) is 4.19. The molecule has 2 aromatic carbocycles. The zero-order valence-electron chi connectivity index (χ0n) is 15.7. The molecule has 9 heteroatoms. The van der Waals surface area contributed by atoms with E-state index in [4.69, 9.17) is 4.52 Å². The van der Waals surface area contributed by atoms with E-state index in [-0.39, 0.29) is 29.7 Å². The highest BCUT2D eigenvalue weighted by Gasteiger charge is 2.28. The monoisotopic (exact) mass is 419 g/mol. The van der Waals surface area contributed by atoms with Crippen molar-refractivity contribution in [1.29, 1.82) is 0 Å². The first-order chi connectivity index (χ1) is 14.4. The first-order valence-electron chi connectivity index (χ1n) is 9.41. The van der Waals surface area contributed by atoms with Crippen molar-refractivity contribution in [3.05, 3.63) is 71.1 Å². The topological polar surface area (TPSA) is 59.2 Å². The van der Waals surface area contributed by atoms with Crippen LogP contribution in [0.4, 0.5) is 17.6 Å². The van der Waals surface area contributed by atoms with Gasteiger partial charge in [0, 0.05) is 25.1 Å². The molecule has 3 aromatic rings. The summed E-state index contributed by atoms with van der Waals surface area (Å²) in [6, 6.07) is 6.44. The fourth-order valence-electron chi connectivity index (χ4n) is 3.52. The lowest BCUT2D eigenvalue weighted by Crippen LogP contribution is -2.40. The molecule has 1 aliphatic heterocycles. The molecule has 0 spiro atoms. The summed E-state index contributed by atoms with van der Waals surface area (Å²) in [5.41, 5.74) is 0.381. The molecule has 0 saturated carbocycles. The second-order valence-corrected chi connectivity index (χ2v) is 7.19. The summed E-state index contributed by atoms with van der Waals surface area (Å²) >= 11 is 0. The number of nitrogens with zero attached hydrogens (tertiary/aromatic N) is 3. The molecular formula is C21H17F4N3O2. The first-order valence-corrected chi connectivity index (χ1v) is 9.41. The molecule has 1 amide bonds. The molecule has 0 bridgehead atoms. The van der Waals surface area contributed by atoms with Gasteiger partial charge >= 0.3 is 0 Å². The van der Waals surface area contributed by atoms with Gasteiger partial charge < -0.3 is 9.42 Å². The summed E-state index contributed by atoms with van der Waals surface area (Å²) in [5, 5.41) is 3.90. The minimum atomic E-state index is -0.996. The van der Waals surface area contributed by atoms with Crippen LogP contribution >= 0.6 is 0 Å². The highest BCUT2D eigenvalue weighted by molar-refractivity contribution is 5.79. The van der Waals surface area contributed by atoms with Crippen LogP contribution in [0, 0.1) is 23.3 Å². The van der Waals surface area contributed by atoms with Crippen molar-refractivity contribution >= 4 is 5.91 Å². The van der Waals surface area contributed by atoms with Gasteiger partial charge in [-0.25, -0.2) is 17.6 Å². The summed E-state index contributed by atoms with van der Waals surface area (Å²) in [4.78, 5) is 18.4. The Kier molecular flexibility index (Phi) is 5.52. The van der Waals surface area contributed by atoms with Gasteiger partial charge in [0.1, 0.15) is 11.6 Å². The first kappa shape index (κ1) is 20.1. The van der Waals surface area contributed by atoms with Gasteiger partial charge in [-0.3, -0.25) is 4.79 Å². The van der Waals surface area contributed by atoms with Crippen molar-refractivity contribution in [2.24, 2.45) is 0 Å². The average molecular weight is 419 g/mol. The van der Waals surface area contributed by atoms with E-state index in [0.717, 1.165) is 24.3 Å². The SMILES string of the molecule is O=C(Cc1ccc(F)c(F)c1)N1CCCC(c2noc(-c3ccc(F)cc3F)n2)C1. The van der Waals surface area contributed by atoms with Gasteiger partial charge in [0.05, 0.1) is 12.0 Å². The number of piperidine rings is 1. The average Bonchev–Trinajstić information content (AvgIpc) is 3.21. The number of carbonyl (C=O) groups is 1. The smallest absolute Gasteiger partial charge is 0.260 e. The van der Waals surface area contributed by atoms with E-state index in [2.05, 4.69) is 10.1 Å². The molecule has 5 nitrogen and oxygen atoms in total. The van der Waals surface area contributed by atoms with Crippen LogP contribution in [0.2, 0.25) is 0 Å². The van der Waals surface area contributed by atoms with Crippen LogP contribution in [0.1, 0.15) is 30.1 Å². The predicted octanol–water partition coefficient (Wildman–Crippen LogP) is 4.24. The standard InChI is InChI=1S/C21H17F4N3O2/c22-14-4-5-15(17(24)10-14)21-26-20(27-30-21)13-2-1-7-28(11-13)19(29)9-12-3-6-16(23)18(25)8-12/h3-6,8,10,13H,1-2,7,9,11H2. The Morgan fingerprint density at radius 1 is 1.07 bits per heavy atom. The Morgan fingerprint density at radius 2 is 1.90 bits per heavy atom. The van der Waals surface area contributed by atoms with Crippen molar-refractivity contribution in [2.45, 2.75) is 25.2 Å². The van der Waals surface area contributed by atoms with Crippen molar-refractivity contribution in [3.63, 3.8) is 0 Å². The molecular weight excluding hydrogens is 402 g/mol. The van der Waals surface area contributed by atoms with Gasteiger partial charge in [-0.2, -0.15) is 4.98 Å². The van der Waals surface area contributed by atoms with Crippen molar-refractivity contribution in [2.75, 3.05) is 13.1 Å². The second kappa shape index (κ2) is 8.25. The van der Waals surface area contributed by atoms with Crippen LogP contribution in [0.5, 0.6) is 0 Å². The van der Waals surface area contributed by atoms with Crippen LogP contribution < -0.4 is 0 Å². The van der Waals surface area contributed by atoms with Gasteiger partial charge in [-0.05, 0) is 42.7 Å². The van der Waals surface area contributed by atoms with E-state index < -0.39 is 23.3 Å². The number of amides is 1. The number of rotatable bonds is 4. The summed E-state index contributed by atoms with van der Waals surface area (Å²) in [7, 11) is 0. The number of halogens is 4. The number of likely N-dealkylation sites (tertiary alicyclic amines) is 1. The van der Waals surface area contributed by atoms with Gasteiger partial charge in [-0.15, -0.1) is 0 Å². The maximum absolute atomic E-state index is 13.9. The van der Waals surface area contributed by atoms with Crippen LogP contribution in [-0.4, -0.2) is 34.0 Å². The van der Waals surface area contributed by atoms with E-state index in [9.17, 15) is 22.4 Å². The van der Waals surface area contributed by atoms with Crippen LogP contribution in [0.3, 0.4) is 0 Å². The minimum absolute atomic E-state index is 0.00257. The Labute approximate surface area is 169 Å². The zero-order valence-corrected chi connectivity index (χ0v) is 15.7. The van der Waals surface area contributed by atoms with E-state index >= 15 is 0 Å². The van der Waals surface area contributed by atoms with Crippen molar-refractivity contribution in [3.8, 4) is 11.5 Å². The lowest BCUT2D eigenvalue weighted by molar-refractivity contribution is -0.131. The summed E-state index contributed by atoms with van der Waals surface area (Å²) < 4.78 is 58.6. The molecule has 0 aliphatic carbocycles. The lowest BCUT2D eigenvalue weighted by atomic mass is 9.96. The van der Waals surface area contributed by atoms with Gasteiger partial charge in [-0.1, -0.05) is 11.2 Å². The number of benzene rings is 2. The van der Waals surface area contributed by atoms with E-state index in [1.807, 2.05) is 0 Å². The maximum Gasteiger partial charge on any atom is 0.260 e. The molecule has 1 aromatic heterocycles. The summed E-state index contributed by atoms with van der Waals surface area (Å²) in [5.74, 6) is -3.64. The highest BCUT2D eigenvalue weighted by Crippen LogP contribution is 2.28. The molecule has 0 N–H and O–H groups in total. The third-order valence-electron chi connectivity index (χ3n) is 5.08. The molecule has 1 unspecified atom stereocenters. The lowest BCUT2D eigenvalue weighted by Gasteiger charge is -2.31. The van der Waals surface area contributed by atoms with E-state index in [1.54, 1.807) is 4.90 Å². The summed E-state index contributed by atoms with van der Waals surface area (Å²) in [6.07, 6.45) is 1.35. The van der Waals surface area contributed by atoms with Crippen molar-refractivity contribution in [1.82, 2.24) is 15.0 Å². The molecule has 156 valence electrons. The fourth-order valence-corrected chi connectivity index (χ4v) is 3.52. The molecule has 1 aliphatic rings. The third-order valence-corrected chi connectivity index (χ3v) is 5.08. The predicted molar refractivity (Wildman–Crippen MR) is 98.3 cm³/mol. The van der Waals surface area contributed by atoms with Crippen LogP contribution in [-0.2, 0) is 11.2 Å². The Balaban J connectivity index is 1.45. The Hall–Kier alpha value is -3.23. The number of carbonyl (C=O) groups excluding carboxylic acids is 1. The molecule has 0 radical (unpaired) electrons. The molecule has 30 heavy (non-hydrogen) atoms. The molecule has 4 rings (SSSR count). The minimum Gasteiger partial charge on any atom is -0.342 e. The summed E-state index contributed by atoms with van der Waals surface area (Å²) in [6.45, 7) is 0.851. The quantitative estimate of drug-likeness (QED) is 0.594. The molecule has 1 atom stereocenters.